The van der Waals surface area contributed by atoms with Crippen molar-refractivity contribution in [3.63, 3.8) is 0 Å². The third-order valence-corrected chi connectivity index (χ3v) is 2.98. The fraction of sp³-hybridized carbons (Fsp3) is 0.143. The van der Waals surface area contributed by atoms with Crippen molar-refractivity contribution < 1.29 is 9.53 Å². The highest BCUT2D eigenvalue weighted by atomic mass is 35.5. The first kappa shape index (κ1) is 15.4. The molecule has 2 aromatic rings. The summed E-state index contributed by atoms with van der Waals surface area (Å²) in [5, 5.41) is 3.49. The van der Waals surface area contributed by atoms with E-state index in [1.165, 1.54) is 11.1 Å². The molecule has 0 fully saturated rings. The highest BCUT2D eigenvalue weighted by molar-refractivity contribution is 6.35. The summed E-state index contributed by atoms with van der Waals surface area (Å²) >= 11 is 11.7. The van der Waals surface area contributed by atoms with Crippen LogP contribution in [0.5, 0.6) is 11.6 Å². The Morgan fingerprint density at radius 3 is 2.48 bits per heavy atom. The van der Waals surface area contributed by atoms with Crippen LogP contribution in [0.4, 0.5) is 10.5 Å². The Bertz CT molecular complexity index is 645. The Morgan fingerprint density at radius 1 is 1.24 bits per heavy atom. The van der Waals surface area contributed by atoms with Crippen molar-refractivity contribution in [1.82, 2.24) is 9.88 Å². The average Bonchev–Trinajstić information content (AvgIpc) is 2.43. The summed E-state index contributed by atoms with van der Waals surface area (Å²) in [5.41, 5.74) is 0.663. The average molecular weight is 326 g/mol. The molecule has 0 saturated carbocycles. The number of carbonyl (C=O) groups excluding carboxylic acids is 1. The van der Waals surface area contributed by atoms with E-state index >= 15 is 0 Å². The molecule has 1 N–H and O–H groups in total. The summed E-state index contributed by atoms with van der Waals surface area (Å²) in [7, 11) is 3.34. The van der Waals surface area contributed by atoms with Crippen molar-refractivity contribution in [2.24, 2.45) is 0 Å². The number of anilines is 1. The fourth-order valence-electron chi connectivity index (χ4n) is 1.43. The Kier molecular flexibility index (Phi) is 4.88. The fourth-order valence-corrected chi connectivity index (χ4v) is 1.85. The normalized spacial score (nSPS) is 10.1. The number of rotatable bonds is 3. The molecular weight excluding hydrogens is 313 g/mol. The van der Waals surface area contributed by atoms with Gasteiger partial charge in [-0.3, -0.25) is 0 Å². The zero-order valence-corrected chi connectivity index (χ0v) is 12.9. The van der Waals surface area contributed by atoms with Crippen LogP contribution in [-0.4, -0.2) is 30.0 Å². The van der Waals surface area contributed by atoms with Crippen molar-refractivity contribution >= 4 is 34.9 Å². The Morgan fingerprint density at radius 2 is 1.90 bits per heavy atom. The second-order valence-electron chi connectivity index (χ2n) is 4.39. The molecule has 0 radical (unpaired) electrons. The van der Waals surface area contributed by atoms with E-state index in [1.54, 1.807) is 44.4 Å². The van der Waals surface area contributed by atoms with Crippen LogP contribution in [0.15, 0.2) is 36.5 Å². The molecule has 2 rings (SSSR count). The molecule has 5 nitrogen and oxygen atoms in total. The maximum Gasteiger partial charge on any atom is 0.321 e. The monoisotopic (exact) mass is 325 g/mol. The van der Waals surface area contributed by atoms with E-state index in [4.69, 9.17) is 27.9 Å². The van der Waals surface area contributed by atoms with Gasteiger partial charge in [-0.25, -0.2) is 9.78 Å². The zero-order chi connectivity index (χ0) is 15.4. The number of pyridine rings is 1. The molecule has 21 heavy (non-hydrogen) atoms. The summed E-state index contributed by atoms with van der Waals surface area (Å²) < 4.78 is 5.55. The van der Waals surface area contributed by atoms with E-state index in [1.807, 2.05) is 0 Å². The van der Waals surface area contributed by atoms with Gasteiger partial charge in [0.05, 0.1) is 5.02 Å². The van der Waals surface area contributed by atoms with Crippen LogP contribution < -0.4 is 10.1 Å². The highest BCUT2D eigenvalue weighted by Gasteiger charge is 2.07. The van der Waals surface area contributed by atoms with E-state index in [0.717, 1.165) is 0 Å². The van der Waals surface area contributed by atoms with Gasteiger partial charge in [0, 0.05) is 26.0 Å². The van der Waals surface area contributed by atoms with Gasteiger partial charge in [0.2, 0.25) is 5.88 Å². The molecule has 0 spiro atoms. The number of nitrogens with zero attached hydrogens (tertiary/aromatic N) is 2. The number of amides is 2. The van der Waals surface area contributed by atoms with Gasteiger partial charge in [0.25, 0.3) is 0 Å². The maximum absolute atomic E-state index is 11.5. The molecule has 0 aliphatic carbocycles. The lowest BCUT2D eigenvalue weighted by Gasteiger charge is -2.12. The van der Waals surface area contributed by atoms with Crippen molar-refractivity contribution in [3.8, 4) is 11.6 Å². The molecule has 0 atom stereocenters. The number of hydrogen-bond donors (Lipinski definition) is 1. The van der Waals surface area contributed by atoms with E-state index < -0.39 is 0 Å². The van der Waals surface area contributed by atoms with Gasteiger partial charge in [-0.15, -0.1) is 0 Å². The van der Waals surface area contributed by atoms with Gasteiger partial charge >= 0.3 is 6.03 Å². The third-order valence-electron chi connectivity index (χ3n) is 2.50. The lowest BCUT2D eigenvalue weighted by atomic mass is 10.3. The molecule has 1 heterocycles. The van der Waals surface area contributed by atoms with Gasteiger partial charge in [0.15, 0.2) is 0 Å². The topological polar surface area (TPSA) is 54.5 Å². The van der Waals surface area contributed by atoms with Gasteiger partial charge in [0.1, 0.15) is 10.8 Å². The van der Waals surface area contributed by atoms with Gasteiger partial charge < -0.3 is 15.0 Å². The smallest absolute Gasteiger partial charge is 0.321 e. The van der Waals surface area contributed by atoms with E-state index in [9.17, 15) is 4.79 Å². The quantitative estimate of drug-likeness (QED) is 0.916. The van der Waals surface area contributed by atoms with Crippen LogP contribution in [0.2, 0.25) is 10.0 Å². The molecule has 0 aliphatic rings. The maximum atomic E-state index is 11.5. The molecule has 0 bridgehead atoms. The summed E-state index contributed by atoms with van der Waals surface area (Å²) in [6.45, 7) is 0. The van der Waals surface area contributed by atoms with E-state index in [2.05, 4.69) is 10.3 Å². The summed E-state index contributed by atoms with van der Waals surface area (Å²) in [5.74, 6) is 0.820. The number of hydrogen-bond acceptors (Lipinski definition) is 3. The molecular formula is C14H13Cl2N3O2. The molecule has 2 amide bonds. The minimum atomic E-state index is -0.203. The first-order chi connectivity index (χ1) is 9.95. The SMILES string of the molecule is CN(C)C(=O)Nc1ccc(Oc2ncc(Cl)cc2Cl)cc1. The van der Waals surface area contributed by atoms with Gasteiger partial charge in [-0.1, -0.05) is 23.2 Å². The van der Waals surface area contributed by atoms with Crippen LogP contribution in [0.3, 0.4) is 0 Å². The second-order valence-corrected chi connectivity index (χ2v) is 5.24. The van der Waals surface area contributed by atoms with Gasteiger partial charge in [-0.05, 0) is 30.3 Å². The van der Waals surface area contributed by atoms with Crippen molar-refractivity contribution in [2.45, 2.75) is 0 Å². The largest absolute Gasteiger partial charge is 0.438 e. The molecule has 1 aromatic carbocycles. The number of aromatic nitrogens is 1. The summed E-state index contributed by atoms with van der Waals surface area (Å²) in [6, 6.07) is 8.21. The number of ether oxygens (including phenoxy) is 1. The molecule has 0 aliphatic heterocycles. The Balaban J connectivity index is 2.07. The van der Waals surface area contributed by atoms with Crippen LogP contribution in [0, 0.1) is 0 Å². The first-order valence-electron chi connectivity index (χ1n) is 6.03. The molecule has 110 valence electrons. The molecule has 0 saturated heterocycles. The predicted molar refractivity (Wildman–Crippen MR) is 83.5 cm³/mol. The number of urea groups is 1. The van der Waals surface area contributed by atoms with Crippen LogP contribution in [0.25, 0.3) is 0 Å². The molecule has 7 heteroatoms. The minimum absolute atomic E-state index is 0.203. The zero-order valence-electron chi connectivity index (χ0n) is 11.4. The van der Waals surface area contributed by atoms with Crippen LogP contribution in [0.1, 0.15) is 0 Å². The molecule has 1 aromatic heterocycles. The van der Waals surface area contributed by atoms with Crippen molar-refractivity contribution in [1.29, 1.82) is 0 Å². The van der Waals surface area contributed by atoms with E-state index in [0.29, 0.717) is 21.5 Å². The van der Waals surface area contributed by atoms with E-state index in [-0.39, 0.29) is 11.9 Å². The van der Waals surface area contributed by atoms with Crippen molar-refractivity contribution in [2.75, 3.05) is 19.4 Å². The standard InChI is InChI=1S/C14H13Cl2N3O2/c1-19(2)14(20)18-10-3-5-11(6-4-10)21-13-12(16)7-9(15)8-17-13/h3-8H,1-2H3,(H,18,20). The lowest BCUT2D eigenvalue weighted by molar-refractivity contribution is 0.230. The van der Waals surface area contributed by atoms with Crippen LogP contribution in [-0.2, 0) is 0 Å². The number of carbonyl (C=O) groups is 1. The first-order valence-corrected chi connectivity index (χ1v) is 6.78. The number of benzene rings is 1. The van der Waals surface area contributed by atoms with Crippen LogP contribution >= 0.6 is 23.2 Å². The second kappa shape index (κ2) is 6.65. The van der Waals surface area contributed by atoms with Crippen molar-refractivity contribution in [3.05, 3.63) is 46.6 Å². The molecule has 0 unspecified atom stereocenters. The number of nitrogens with one attached hydrogen (secondary N) is 1. The Hall–Kier alpha value is -1.98. The summed E-state index contributed by atoms with van der Waals surface area (Å²) in [6.07, 6.45) is 1.45. The number of halogens is 2. The van der Waals surface area contributed by atoms with Gasteiger partial charge in [-0.2, -0.15) is 0 Å². The predicted octanol–water partition coefficient (Wildman–Crippen LogP) is 4.27. The highest BCUT2D eigenvalue weighted by Crippen LogP contribution is 2.29. The Labute approximate surface area is 132 Å². The lowest BCUT2D eigenvalue weighted by Crippen LogP contribution is -2.27. The minimum Gasteiger partial charge on any atom is -0.438 e. The third kappa shape index (κ3) is 4.24. The summed E-state index contributed by atoms with van der Waals surface area (Å²) in [4.78, 5) is 17.0.